The summed E-state index contributed by atoms with van der Waals surface area (Å²) < 4.78 is 46.2. The summed E-state index contributed by atoms with van der Waals surface area (Å²) in [4.78, 5) is 12.5. The lowest BCUT2D eigenvalue weighted by molar-refractivity contribution is -0.138. The Bertz CT molecular complexity index is 848. The largest absolute Gasteiger partial charge is 0.494 e. The van der Waals surface area contributed by atoms with Crippen LogP contribution in [0.15, 0.2) is 42.5 Å². The van der Waals surface area contributed by atoms with E-state index in [-0.39, 0.29) is 16.5 Å². The van der Waals surface area contributed by atoms with E-state index in [1.54, 1.807) is 18.2 Å². The minimum absolute atomic E-state index is 0.113. The summed E-state index contributed by atoms with van der Waals surface area (Å²) >= 11 is 5.97. The summed E-state index contributed by atoms with van der Waals surface area (Å²) in [5, 5.41) is 2.68. The minimum atomic E-state index is -4.68. The highest BCUT2D eigenvalue weighted by Crippen LogP contribution is 2.35. The molecule has 3 rings (SSSR count). The fourth-order valence-corrected chi connectivity index (χ4v) is 3.80. The third kappa shape index (κ3) is 5.89. The van der Waals surface area contributed by atoms with Gasteiger partial charge in [0.2, 0.25) is 0 Å². The molecule has 0 heterocycles. The molecule has 2 aromatic rings. The predicted octanol–water partition coefficient (Wildman–Crippen LogP) is 6.96. The molecule has 0 aliphatic heterocycles. The van der Waals surface area contributed by atoms with Crippen molar-refractivity contribution >= 4 is 23.2 Å². The van der Waals surface area contributed by atoms with Crippen LogP contribution in [-0.4, -0.2) is 12.5 Å². The van der Waals surface area contributed by atoms with Gasteiger partial charge in [-0.25, -0.2) is 0 Å². The number of ether oxygens (including phenoxy) is 1. The molecule has 156 valence electrons. The normalized spacial score (nSPS) is 15.2. The van der Waals surface area contributed by atoms with Gasteiger partial charge in [-0.3, -0.25) is 4.79 Å². The van der Waals surface area contributed by atoms with E-state index in [9.17, 15) is 18.0 Å². The fourth-order valence-electron chi connectivity index (χ4n) is 3.62. The number of rotatable bonds is 6. The first-order chi connectivity index (χ1) is 13.8. The molecule has 3 nitrogen and oxygen atoms in total. The molecule has 1 saturated carbocycles. The number of alkyl halides is 3. The third-order valence-electron chi connectivity index (χ3n) is 5.18. The van der Waals surface area contributed by atoms with E-state index in [1.165, 1.54) is 31.4 Å². The van der Waals surface area contributed by atoms with Gasteiger partial charge in [-0.05, 0) is 42.7 Å². The van der Waals surface area contributed by atoms with Crippen molar-refractivity contribution in [2.24, 2.45) is 5.92 Å². The summed E-state index contributed by atoms with van der Waals surface area (Å²) in [6.45, 7) is 0.368. The monoisotopic (exact) mass is 425 g/mol. The maximum atomic E-state index is 13.6. The predicted molar refractivity (Wildman–Crippen MR) is 108 cm³/mol. The lowest BCUT2D eigenvalue weighted by Crippen LogP contribution is -2.19. The average Bonchev–Trinajstić information content (AvgIpc) is 2.70. The van der Waals surface area contributed by atoms with E-state index in [2.05, 4.69) is 5.32 Å². The molecule has 1 N–H and O–H groups in total. The zero-order valence-electron chi connectivity index (χ0n) is 15.9. The Morgan fingerprint density at radius 3 is 2.52 bits per heavy atom. The number of para-hydroxylation sites is 1. The molecule has 29 heavy (non-hydrogen) atoms. The first kappa shape index (κ1) is 21.5. The first-order valence-electron chi connectivity index (χ1n) is 9.74. The van der Waals surface area contributed by atoms with Crippen LogP contribution in [0.4, 0.5) is 18.9 Å². The Morgan fingerprint density at radius 1 is 1.10 bits per heavy atom. The van der Waals surface area contributed by atoms with E-state index in [4.69, 9.17) is 16.3 Å². The first-order valence-corrected chi connectivity index (χ1v) is 10.1. The number of amides is 1. The summed E-state index contributed by atoms with van der Waals surface area (Å²) in [7, 11) is 0. The zero-order chi connectivity index (χ0) is 20.9. The van der Waals surface area contributed by atoms with E-state index in [1.807, 2.05) is 0 Å². The van der Waals surface area contributed by atoms with Gasteiger partial charge in [0, 0.05) is 0 Å². The van der Waals surface area contributed by atoms with Crippen molar-refractivity contribution in [1.29, 1.82) is 0 Å². The number of nitrogens with one attached hydrogen (secondary N) is 1. The van der Waals surface area contributed by atoms with Crippen LogP contribution in [0.5, 0.6) is 5.75 Å². The molecule has 2 aromatic carbocycles. The topological polar surface area (TPSA) is 38.3 Å². The fraction of sp³-hybridized carbons (Fsp3) is 0.409. The van der Waals surface area contributed by atoms with Crippen LogP contribution in [-0.2, 0) is 6.18 Å². The number of carbonyl (C=O) groups is 1. The van der Waals surface area contributed by atoms with Gasteiger partial charge in [0.25, 0.3) is 5.91 Å². The molecule has 0 bridgehead atoms. The van der Waals surface area contributed by atoms with Gasteiger partial charge in [0.1, 0.15) is 5.75 Å². The molecule has 0 atom stereocenters. The van der Waals surface area contributed by atoms with Crippen molar-refractivity contribution in [2.45, 2.75) is 44.7 Å². The number of hydrogen-bond acceptors (Lipinski definition) is 2. The number of carbonyl (C=O) groups excluding carboxylic acids is 1. The number of anilines is 1. The average molecular weight is 426 g/mol. The molecule has 0 aromatic heterocycles. The van der Waals surface area contributed by atoms with Crippen LogP contribution in [0.2, 0.25) is 5.02 Å². The number of hydrogen-bond donors (Lipinski definition) is 1. The van der Waals surface area contributed by atoms with E-state index < -0.39 is 23.2 Å². The summed E-state index contributed by atoms with van der Waals surface area (Å²) in [6, 6.07) is 9.81. The van der Waals surface area contributed by atoms with Crippen molar-refractivity contribution in [3.05, 3.63) is 58.6 Å². The van der Waals surface area contributed by atoms with Crippen molar-refractivity contribution in [3.63, 3.8) is 0 Å². The van der Waals surface area contributed by atoms with E-state index >= 15 is 0 Å². The van der Waals surface area contributed by atoms with Gasteiger partial charge < -0.3 is 10.1 Å². The van der Waals surface area contributed by atoms with Crippen LogP contribution >= 0.6 is 11.6 Å². The van der Waals surface area contributed by atoms with Gasteiger partial charge in [0.15, 0.2) is 0 Å². The summed E-state index contributed by atoms with van der Waals surface area (Å²) in [5.41, 5.74) is -1.26. The van der Waals surface area contributed by atoms with Crippen LogP contribution in [0.25, 0.3) is 0 Å². The van der Waals surface area contributed by atoms with Gasteiger partial charge in [-0.15, -0.1) is 0 Å². The van der Waals surface area contributed by atoms with Crippen molar-refractivity contribution < 1.29 is 22.7 Å². The van der Waals surface area contributed by atoms with Gasteiger partial charge in [-0.2, -0.15) is 13.2 Å². The SMILES string of the molecule is O=C(Nc1ccccc1Cl)c1ccc(OCCC2CCCCC2)cc1C(F)(F)F. The van der Waals surface area contributed by atoms with Crippen LogP contribution in [0.1, 0.15) is 54.4 Å². The van der Waals surface area contributed by atoms with Crippen molar-refractivity contribution in [2.75, 3.05) is 11.9 Å². The van der Waals surface area contributed by atoms with Crippen molar-refractivity contribution in [3.8, 4) is 5.75 Å². The molecular formula is C22H23ClF3NO2. The number of benzene rings is 2. The van der Waals surface area contributed by atoms with Crippen molar-refractivity contribution in [1.82, 2.24) is 0 Å². The number of halogens is 4. The highest BCUT2D eigenvalue weighted by atomic mass is 35.5. The quantitative estimate of drug-likeness (QED) is 0.543. The third-order valence-corrected chi connectivity index (χ3v) is 5.51. The molecule has 1 fully saturated rings. The standard InChI is InChI=1S/C22H23ClF3NO2/c23-19-8-4-5-9-20(19)27-21(28)17-11-10-16(14-18(17)22(24,25)26)29-13-12-15-6-2-1-3-7-15/h4-5,8-11,14-15H,1-3,6-7,12-13H2,(H,27,28). The maximum absolute atomic E-state index is 13.6. The molecule has 0 saturated heterocycles. The van der Waals surface area contributed by atoms with Gasteiger partial charge in [-0.1, -0.05) is 55.8 Å². The molecular weight excluding hydrogens is 403 g/mol. The molecule has 7 heteroatoms. The maximum Gasteiger partial charge on any atom is 0.417 e. The Labute approximate surface area is 173 Å². The second-order valence-electron chi connectivity index (χ2n) is 7.28. The Balaban J connectivity index is 1.72. The molecule has 0 radical (unpaired) electrons. The molecule has 1 aliphatic carbocycles. The smallest absolute Gasteiger partial charge is 0.417 e. The zero-order valence-corrected chi connectivity index (χ0v) is 16.7. The van der Waals surface area contributed by atoms with E-state index in [0.29, 0.717) is 12.5 Å². The van der Waals surface area contributed by atoms with Gasteiger partial charge in [0.05, 0.1) is 28.4 Å². The van der Waals surface area contributed by atoms with Gasteiger partial charge >= 0.3 is 6.18 Å². The van der Waals surface area contributed by atoms with Crippen LogP contribution in [0, 0.1) is 5.92 Å². The van der Waals surface area contributed by atoms with Crippen LogP contribution < -0.4 is 10.1 Å². The lowest BCUT2D eigenvalue weighted by Gasteiger charge is -2.21. The molecule has 1 amide bonds. The second-order valence-corrected chi connectivity index (χ2v) is 7.69. The van der Waals surface area contributed by atoms with E-state index in [0.717, 1.165) is 31.4 Å². The molecule has 0 spiro atoms. The van der Waals surface area contributed by atoms with Crippen LogP contribution in [0.3, 0.4) is 0 Å². The highest BCUT2D eigenvalue weighted by molar-refractivity contribution is 6.33. The molecule has 1 aliphatic rings. The highest BCUT2D eigenvalue weighted by Gasteiger charge is 2.36. The minimum Gasteiger partial charge on any atom is -0.494 e. The Hall–Kier alpha value is -2.21. The Morgan fingerprint density at radius 2 is 1.83 bits per heavy atom. The Kier molecular flexibility index (Phi) is 7.06. The summed E-state index contributed by atoms with van der Waals surface area (Å²) in [5.74, 6) is -0.187. The lowest BCUT2D eigenvalue weighted by atomic mass is 9.87. The summed E-state index contributed by atoms with van der Waals surface area (Å²) in [6.07, 6.45) is 2.11. The molecule has 0 unspecified atom stereocenters. The second kappa shape index (κ2) is 9.53.